The molecule has 0 N–H and O–H groups in total. The summed E-state index contributed by atoms with van der Waals surface area (Å²) in [7, 11) is 0. The number of hydrogen-bond acceptors (Lipinski definition) is 3. The molecule has 2 atom stereocenters. The Kier molecular flexibility index (Phi) is 5.54. The van der Waals surface area contributed by atoms with Crippen molar-refractivity contribution in [1.82, 2.24) is 0 Å². The number of rotatable bonds is 5. The smallest absolute Gasteiger partial charge is 0.221 e. The Balaban J connectivity index is 1.58. The molecule has 0 fully saturated rings. The molecule has 1 aliphatic rings. The van der Waals surface area contributed by atoms with Gasteiger partial charge >= 0.3 is 0 Å². The molecular weight excluding hydrogens is 389 g/mol. The summed E-state index contributed by atoms with van der Waals surface area (Å²) in [5.41, 5.74) is 3.44. The summed E-state index contributed by atoms with van der Waals surface area (Å²) in [4.78, 5) is 4.62. The zero-order chi connectivity index (χ0) is 20.4. The number of ether oxygens (including phenoxy) is 2. The fraction of sp³-hybridized carbons (Fsp3) is 0.208. The van der Waals surface area contributed by atoms with Crippen LogP contribution in [0.3, 0.4) is 0 Å². The average molecular weight is 410 g/mol. The largest absolute Gasteiger partial charge is 0.494 e. The van der Waals surface area contributed by atoms with Crippen LogP contribution in [0, 0.1) is 5.82 Å². The molecule has 3 aromatic carbocycles. The van der Waals surface area contributed by atoms with E-state index < -0.39 is 5.82 Å². The highest BCUT2D eigenvalue weighted by Gasteiger charge is 2.31. The van der Waals surface area contributed by atoms with Crippen molar-refractivity contribution in [3.05, 3.63) is 88.7 Å². The van der Waals surface area contributed by atoms with E-state index in [4.69, 9.17) is 21.1 Å². The maximum Gasteiger partial charge on any atom is 0.221 e. The molecular formula is C24H21ClFNO2. The zero-order valence-electron chi connectivity index (χ0n) is 16.2. The lowest BCUT2D eigenvalue weighted by Crippen LogP contribution is -2.13. The molecule has 0 saturated carbocycles. The topological polar surface area (TPSA) is 30.8 Å². The first-order valence-corrected chi connectivity index (χ1v) is 9.96. The van der Waals surface area contributed by atoms with Crippen molar-refractivity contribution in [3.8, 4) is 16.9 Å². The van der Waals surface area contributed by atoms with E-state index in [0.717, 1.165) is 22.4 Å². The van der Waals surface area contributed by atoms with Crippen molar-refractivity contribution in [3.63, 3.8) is 0 Å². The first kappa shape index (κ1) is 19.5. The molecule has 1 aliphatic heterocycles. The van der Waals surface area contributed by atoms with E-state index in [1.165, 1.54) is 6.07 Å². The lowest BCUT2D eigenvalue weighted by Gasteiger charge is -2.14. The molecule has 0 bridgehead atoms. The molecule has 4 rings (SSSR count). The van der Waals surface area contributed by atoms with Crippen LogP contribution < -0.4 is 4.74 Å². The van der Waals surface area contributed by atoms with Gasteiger partial charge in [0, 0.05) is 0 Å². The fourth-order valence-corrected chi connectivity index (χ4v) is 3.70. The van der Waals surface area contributed by atoms with Gasteiger partial charge in [-0.15, -0.1) is 0 Å². The number of halogens is 2. The summed E-state index contributed by atoms with van der Waals surface area (Å²) in [5.74, 6) is 0.676. The molecule has 0 unspecified atom stereocenters. The van der Waals surface area contributed by atoms with Crippen molar-refractivity contribution < 1.29 is 13.9 Å². The van der Waals surface area contributed by atoms with Crippen LogP contribution in [0.1, 0.15) is 31.0 Å². The minimum atomic E-state index is -0.435. The van der Waals surface area contributed by atoms with E-state index in [-0.39, 0.29) is 23.6 Å². The van der Waals surface area contributed by atoms with Crippen LogP contribution in [0.15, 0.2) is 71.7 Å². The zero-order valence-corrected chi connectivity index (χ0v) is 17.0. The van der Waals surface area contributed by atoms with Gasteiger partial charge in [0.25, 0.3) is 0 Å². The molecule has 0 amide bonds. The van der Waals surface area contributed by atoms with Crippen LogP contribution >= 0.6 is 11.6 Å². The molecule has 3 aromatic rings. The highest BCUT2D eigenvalue weighted by molar-refractivity contribution is 6.33. The minimum Gasteiger partial charge on any atom is -0.494 e. The summed E-state index contributed by atoms with van der Waals surface area (Å²) in [5, 5.41) is 0.294. The summed E-state index contributed by atoms with van der Waals surface area (Å²) >= 11 is 6.16. The summed E-state index contributed by atoms with van der Waals surface area (Å²) in [6.45, 7) is 4.54. The fourth-order valence-electron chi connectivity index (χ4n) is 3.46. The number of aliphatic imine (C=N–C) groups is 1. The molecule has 148 valence electrons. The Hall–Kier alpha value is -2.85. The molecule has 3 nitrogen and oxygen atoms in total. The SMILES string of the molecule is CCOc1ccc(-c2ccc([C@@H]3N=C(c4c(F)cccc4Cl)O[C@@H]3C)cc2)cc1. The van der Waals surface area contributed by atoms with Crippen LogP contribution in [-0.2, 0) is 4.74 Å². The van der Waals surface area contributed by atoms with Gasteiger partial charge in [-0.2, -0.15) is 0 Å². The third-order valence-electron chi connectivity index (χ3n) is 4.93. The van der Waals surface area contributed by atoms with Gasteiger partial charge < -0.3 is 9.47 Å². The van der Waals surface area contributed by atoms with Gasteiger partial charge in [-0.25, -0.2) is 9.38 Å². The average Bonchev–Trinajstić information content (AvgIpc) is 3.10. The highest BCUT2D eigenvalue weighted by Crippen LogP contribution is 2.34. The number of nitrogens with zero attached hydrogens (tertiary/aromatic N) is 1. The molecule has 0 saturated heterocycles. The third kappa shape index (κ3) is 3.99. The van der Waals surface area contributed by atoms with Crippen molar-refractivity contribution in [2.45, 2.75) is 26.0 Å². The van der Waals surface area contributed by atoms with Gasteiger partial charge in [-0.3, -0.25) is 0 Å². The molecule has 0 spiro atoms. The number of benzene rings is 3. The summed E-state index contributed by atoms with van der Waals surface area (Å²) in [6, 6.07) is 20.5. The van der Waals surface area contributed by atoms with Crippen molar-refractivity contribution in [2.24, 2.45) is 4.99 Å². The van der Waals surface area contributed by atoms with Crippen LogP contribution in [0.2, 0.25) is 5.02 Å². The number of hydrogen-bond donors (Lipinski definition) is 0. The maximum absolute atomic E-state index is 14.2. The molecule has 29 heavy (non-hydrogen) atoms. The second-order valence-corrected chi connectivity index (χ2v) is 7.29. The van der Waals surface area contributed by atoms with Gasteiger partial charge in [0.15, 0.2) is 0 Å². The van der Waals surface area contributed by atoms with Crippen molar-refractivity contribution >= 4 is 17.5 Å². The lowest BCUT2D eigenvalue weighted by molar-refractivity contribution is 0.213. The van der Waals surface area contributed by atoms with Crippen LogP contribution in [-0.4, -0.2) is 18.6 Å². The normalized spacial score (nSPS) is 18.3. The first-order chi connectivity index (χ1) is 14.1. The van der Waals surface area contributed by atoms with Crippen LogP contribution in [0.4, 0.5) is 4.39 Å². The van der Waals surface area contributed by atoms with Crippen LogP contribution in [0.5, 0.6) is 5.75 Å². The Morgan fingerprint density at radius 3 is 2.28 bits per heavy atom. The Morgan fingerprint density at radius 1 is 1.00 bits per heavy atom. The van der Waals surface area contributed by atoms with E-state index in [0.29, 0.717) is 11.6 Å². The quantitative estimate of drug-likeness (QED) is 0.484. The standard InChI is InChI=1S/C24H21ClFNO2/c1-3-28-19-13-11-17(12-14-19)16-7-9-18(10-8-16)23-15(2)29-24(27-23)22-20(25)5-4-6-21(22)26/h4-15,23H,3H2,1-2H3/t15-,23-/m1/s1. The van der Waals surface area contributed by atoms with E-state index in [2.05, 4.69) is 17.1 Å². The van der Waals surface area contributed by atoms with E-state index in [1.807, 2.05) is 50.2 Å². The van der Waals surface area contributed by atoms with Gasteiger partial charge in [0.2, 0.25) is 5.90 Å². The van der Waals surface area contributed by atoms with Gasteiger partial charge in [-0.05, 0) is 54.8 Å². The van der Waals surface area contributed by atoms with E-state index in [1.54, 1.807) is 12.1 Å². The Labute approximate surface area is 174 Å². The van der Waals surface area contributed by atoms with Gasteiger partial charge in [-0.1, -0.05) is 54.1 Å². The highest BCUT2D eigenvalue weighted by atomic mass is 35.5. The summed E-state index contributed by atoms with van der Waals surface area (Å²) < 4.78 is 25.6. The molecule has 1 heterocycles. The Bertz CT molecular complexity index is 1010. The van der Waals surface area contributed by atoms with E-state index >= 15 is 0 Å². The second-order valence-electron chi connectivity index (χ2n) is 6.88. The molecule has 0 aliphatic carbocycles. The van der Waals surface area contributed by atoms with Gasteiger partial charge in [0.05, 0.1) is 17.2 Å². The minimum absolute atomic E-state index is 0.211. The molecule has 5 heteroatoms. The Morgan fingerprint density at radius 2 is 1.66 bits per heavy atom. The first-order valence-electron chi connectivity index (χ1n) is 9.59. The maximum atomic E-state index is 14.2. The van der Waals surface area contributed by atoms with Crippen molar-refractivity contribution in [1.29, 1.82) is 0 Å². The van der Waals surface area contributed by atoms with Gasteiger partial charge in [0.1, 0.15) is 23.7 Å². The predicted octanol–water partition coefficient (Wildman–Crippen LogP) is 6.45. The molecule has 0 radical (unpaired) electrons. The predicted molar refractivity (Wildman–Crippen MR) is 114 cm³/mol. The lowest BCUT2D eigenvalue weighted by atomic mass is 9.99. The monoisotopic (exact) mass is 409 g/mol. The summed E-state index contributed by atoms with van der Waals surface area (Å²) in [6.07, 6.45) is -0.211. The van der Waals surface area contributed by atoms with Crippen molar-refractivity contribution in [2.75, 3.05) is 6.61 Å². The van der Waals surface area contributed by atoms with Crippen LogP contribution in [0.25, 0.3) is 11.1 Å². The second kappa shape index (κ2) is 8.26. The third-order valence-corrected chi connectivity index (χ3v) is 5.24. The van der Waals surface area contributed by atoms with E-state index in [9.17, 15) is 4.39 Å². The molecule has 0 aromatic heterocycles.